The van der Waals surface area contributed by atoms with Gasteiger partial charge in [0.25, 0.3) is 0 Å². The molecule has 0 saturated heterocycles. The second-order valence-corrected chi connectivity index (χ2v) is 12.3. The number of carboxylic acid groups (broad SMARTS) is 3. The van der Waals surface area contributed by atoms with E-state index in [0.29, 0.717) is 25.7 Å². The van der Waals surface area contributed by atoms with Gasteiger partial charge >= 0.3 is 17.9 Å². The Bertz CT molecular complexity index is 677. The Hall–Kier alpha value is -1.89. The van der Waals surface area contributed by atoms with Crippen molar-refractivity contribution >= 4 is 17.9 Å². The molecule has 7 nitrogen and oxygen atoms in total. The van der Waals surface area contributed by atoms with Crippen LogP contribution in [0.4, 0.5) is 0 Å². The van der Waals surface area contributed by atoms with Gasteiger partial charge in [0.1, 0.15) is 0 Å². The van der Waals surface area contributed by atoms with Crippen LogP contribution in [-0.2, 0) is 14.4 Å². The molecule has 0 amide bonds. The zero-order valence-electron chi connectivity index (χ0n) is 27.7. The Kier molecular flexibility index (Phi) is 24.4. The van der Waals surface area contributed by atoms with Crippen LogP contribution in [0.3, 0.4) is 0 Å². The Morgan fingerprint density at radius 3 is 1.10 bits per heavy atom. The van der Waals surface area contributed by atoms with E-state index in [-0.39, 0.29) is 30.3 Å². The number of aliphatic carboxylic acids is 3. The van der Waals surface area contributed by atoms with E-state index in [1.807, 2.05) is 20.8 Å². The van der Waals surface area contributed by atoms with Gasteiger partial charge in [-0.1, -0.05) is 104 Å². The molecule has 7 heteroatoms. The number of carboxylic acids is 3. The summed E-state index contributed by atoms with van der Waals surface area (Å²) in [6.07, 6.45) is 26.0. The van der Waals surface area contributed by atoms with Crippen molar-refractivity contribution in [1.29, 1.82) is 0 Å². The predicted octanol–water partition coefficient (Wildman–Crippen LogP) is 9.38. The highest BCUT2D eigenvalue weighted by Gasteiger charge is 2.56. The van der Waals surface area contributed by atoms with Gasteiger partial charge in [0, 0.05) is 19.3 Å². The van der Waals surface area contributed by atoms with Gasteiger partial charge in [0.15, 0.2) is 18.1 Å². The van der Waals surface area contributed by atoms with E-state index in [0.717, 1.165) is 19.3 Å². The van der Waals surface area contributed by atoms with Crippen LogP contribution in [0.25, 0.3) is 0 Å². The van der Waals surface area contributed by atoms with Crippen LogP contribution in [0.1, 0.15) is 169 Å². The summed E-state index contributed by atoms with van der Waals surface area (Å²) in [6, 6.07) is -3.13. The van der Waals surface area contributed by atoms with Crippen molar-refractivity contribution in [3.8, 4) is 0 Å². The second kappa shape index (κ2) is 25.6. The normalized spacial score (nSPS) is 15.3. The number of hydrogen-bond donors (Lipinski definition) is 3. The second-order valence-electron chi connectivity index (χ2n) is 12.3. The standard InChI is InChI=1S/C35H65NO6/c1-5-9-10-11-12-13-14-15-16-17-18-19-20-21-22-23-24-25-29-36(30(26-6-2)33(37)38,31(27-7-3)34(39)40)32(28-8-4)35(41)42/h13-14,30-32H,5-12,15-29H2,1-4H3,(H2-,37,38,39,40,41,42)/p+1/b14-13+. The van der Waals surface area contributed by atoms with Crippen molar-refractivity contribution in [2.24, 2.45) is 0 Å². The van der Waals surface area contributed by atoms with Crippen LogP contribution in [0, 0.1) is 0 Å². The minimum absolute atomic E-state index is 0.270. The molecule has 0 spiro atoms. The Morgan fingerprint density at radius 2 is 0.786 bits per heavy atom. The first-order chi connectivity index (χ1) is 20.2. The lowest BCUT2D eigenvalue weighted by molar-refractivity contribution is -0.973. The summed E-state index contributed by atoms with van der Waals surface area (Å²) in [5.41, 5.74) is 0. The number of rotatable bonds is 30. The highest BCUT2D eigenvalue weighted by molar-refractivity contribution is 5.78. The number of unbranched alkanes of at least 4 members (excludes halogenated alkanes) is 14. The molecule has 3 atom stereocenters. The van der Waals surface area contributed by atoms with Gasteiger partial charge in [-0.15, -0.1) is 0 Å². The van der Waals surface area contributed by atoms with Crippen molar-refractivity contribution in [1.82, 2.24) is 0 Å². The Labute approximate surface area is 257 Å². The fourth-order valence-corrected chi connectivity index (χ4v) is 6.63. The minimum Gasteiger partial charge on any atom is -0.477 e. The molecule has 0 aromatic heterocycles. The van der Waals surface area contributed by atoms with Crippen molar-refractivity contribution in [2.75, 3.05) is 6.54 Å². The summed E-state index contributed by atoms with van der Waals surface area (Å²) in [7, 11) is 0. The fraction of sp³-hybridized carbons (Fsp3) is 0.857. The van der Waals surface area contributed by atoms with Gasteiger partial charge in [-0.2, -0.15) is 0 Å². The molecule has 0 aromatic rings. The van der Waals surface area contributed by atoms with Gasteiger partial charge in [-0.05, 0) is 57.8 Å². The third-order valence-corrected chi connectivity index (χ3v) is 8.84. The van der Waals surface area contributed by atoms with Crippen LogP contribution >= 0.6 is 0 Å². The molecule has 0 radical (unpaired) electrons. The molecule has 246 valence electrons. The SMILES string of the molecule is CCCCCC/C=C/CCCCCCCCCCCC[N+](C(CCC)C(=O)O)(C(CCC)C(=O)O)C(CCC)C(=O)O. The van der Waals surface area contributed by atoms with Gasteiger partial charge in [-0.25, -0.2) is 14.4 Å². The van der Waals surface area contributed by atoms with Crippen molar-refractivity contribution in [3.63, 3.8) is 0 Å². The third-order valence-electron chi connectivity index (χ3n) is 8.84. The molecule has 0 aliphatic carbocycles. The van der Waals surface area contributed by atoms with E-state index in [1.54, 1.807) is 0 Å². The summed E-state index contributed by atoms with van der Waals surface area (Å²) in [6.45, 7) is 8.16. The van der Waals surface area contributed by atoms with Gasteiger partial charge < -0.3 is 15.3 Å². The molecule has 3 unspecified atom stereocenters. The summed E-state index contributed by atoms with van der Waals surface area (Å²) < 4.78 is -0.371. The smallest absolute Gasteiger partial charge is 0.362 e. The van der Waals surface area contributed by atoms with E-state index < -0.39 is 36.0 Å². The maximum Gasteiger partial charge on any atom is 0.362 e. The predicted molar refractivity (Wildman–Crippen MR) is 173 cm³/mol. The summed E-state index contributed by atoms with van der Waals surface area (Å²) in [5, 5.41) is 30.9. The van der Waals surface area contributed by atoms with Crippen molar-refractivity contribution in [3.05, 3.63) is 12.2 Å². The van der Waals surface area contributed by atoms with Gasteiger partial charge in [-0.3, -0.25) is 4.48 Å². The van der Waals surface area contributed by atoms with E-state index in [2.05, 4.69) is 19.1 Å². The number of quaternary nitrogens is 1. The minimum atomic E-state index is -1.08. The lowest BCUT2D eigenvalue weighted by Gasteiger charge is -2.50. The molecule has 3 N–H and O–H groups in total. The molecule has 0 bridgehead atoms. The van der Waals surface area contributed by atoms with E-state index >= 15 is 0 Å². The topological polar surface area (TPSA) is 112 Å². The Balaban J connectivity index is 4.91. The maximum absolute atomic E-state index is 12.6. The average molecular weight is 597 g/mol. The molecule has 0 rings (SSSR count). The molecule has 0 fully saturated rings. The van der Waals surface area contributed by atoms with E-state index in [4.69, 9.17) is 0 Å². The van der Waals surface area contributed by atoms with Crippen LogP contribution < -0.4 is 0 Å². The van der Waals surface area contributed by atoms with Crippen LogP contribution in [0.2, 0.25) is 0 Å². The van der Waals surface area contributed by atoms with Crippen molar-refractivity contribution < 1.29 is 34.2 Å². The Morgan fingerprint density at radius 1 is 0.476 bits per heavy atom. The van der Waals surface area contributed by atoms with E-state index in [9.17, 15) is 29.7 Å². The first kappa shape index (κ1) is 40.1. The highest BCUT2D eigenvalue weighted by atomic mass is 16.4. The van der Waals surface area contributed by atoms with Crippen LogP contribution in [0.15, 0.2) is 12.2 Å². The van der Waals surface area contributed by atoms with Crippen LogP contribution in [0.5, 0.6) is 0 Å². The molecule has 0 aliphatic rings. The number of nitrogens with zero attached hydrogens (tertiary/aromatic N) is 1. The lowest BCUT2D eigenvalue weighted by atomic mass is 9.91. The first-order valence-electron chi connectivity index (χ1n) is 17.4. The molecular formula is C35H66NO6+. The van der Waals surface area contributed by atoms with Gasteiger partial charge in [0.05, 0.1) is 6.54 Å². The molecule has 0 aromatic carbocycles. The first-order valence-corrected chi connectivity index (χ1v) is 17.4. The summed E-state index contributed by atoms with van der Waals surface area (Å²) in [5.74, 6) is -3.25. The summed E-state index contributed by atoms with van der Waals surface area (Å²) >= 11 is 0. The number of allylic oxidation sites excluding steroid dienone is 2. The zero-order chi connectivity index (χ0) is 31.6. The quantitative estimate of drug-likeness (QED) is 0.0433. The highest BCUT2D eigenvalue weighted by Crippen LogP contribution is 2.34. The third kappa shape index (κ3) is 15.5. The number of hydrogen-bond acceptors (Lipinski definition) is 3. The fourth-order valence-electron chi connectivity index (χ4n) is 6.63. The molecule has 0 aliphatic heterocycles. The number of carbonyl (C=O) groups is 3. The molecule has 0 heterocycles. The maximum atomic E-state index is 12.6. The monoisotopic (exact) mass is 596 g/mol. The molecule has 42 heavy (non-hydrogen) atoms. The average Bonchev–Trinajstić information content (AvgIpc) is 2.95. The summed E-state index contributed by atoms with van der Waals surface area (Å²) in [4.78, 5) is 37.8. The lowest BCUT2D eigenvalue weighted by Crippen LogP contribution is -2.72. The zero-order valence-corrected chi connectivity index (χ0v) is 27.7. The molecular weight excluding hydrogens is 530 g/mol. The van der Waals surface area contributed by atoms with Crippen molar-refractivity contribution in [2.45, 2.75) is 187 Å². The largest absolute Gasteiger partial charge is 0.477 e. The van der Waals surface area contributed by atoms with Crippen LogP contribution in [-0.4, -0.2) is 62.4 Å². The van der Waals surface area contributed by atoms with Gasteiger partial charge in [0.2, 0.25) is 0 Å². The van der Waals surface area contributed by atoms with E-state index in [1.165, 1.54) is 77.0 Å². The molecule has 0 saturated carbocycles.